The van der Waals surface area contributed by atoms with Gasteiger partial charge < -0.3 is 24.6 Å². The Balaban J connectivity index is 2.62. The Morgan fingerprint density at radius 3 is 2.52 bits per heavy atom. The van der Waals surface area contributed by atoms with E-state index in [0.717, 1.165) is 18.7 Å². The van der Waals surface area contributed by atoms with Gasteiger partial charge in [0.15, 0.2) is 11.5 Å². The summed E-state index contributed by atoms with van der Waals surface area (Å²) >= 11 is 0. The van der Waals surface area contributed by atoms with Crippen LogP contribution in [0.5, 0.6) is 11.5 Å². The number of aliphatic hydroxyl groups excluding tert-OH is 1. The number of aliphatic hydroxyl groups is 1. The fourth-order valence-electron chi connectivity index (χ4n) is 1.88. The molecule has 0 saturated heterocycles. The number of nitrogens with one attached hydrogen (secondary N) is 1. The standard InChI is InChI=1S/C16H27NO4/c1-12(2)8-17-9-13-5-6-15(20-4)16(7-13)21-11-14(18)10-19-3/h5-7,12,14,17-18H,8-11H2,1-4H3. The molecule has 5 nitrogen and oxygen atoms in total. The smallest absolute Gasteiger partial charge is 0.161 e. The van der Waals surface area contributed by atoms with Gasteiger partial charge in [0, 0.05) is 13.7 Å². The zero-order valence-corrected chi connectivity index (χ0v) is 13.4. The van der Waals surface area contributed by atoms with Gasteiger partial charge >= 0.3 is 0 Å². The van der Waals surface area contributed by atoms with E-state index in [1.165, 1.54) is 0 Å². The summed E-state index contributed by atoms with van der Waals surface area (Å²) < 4.78 is 15.8. The van der Waals surface area contributed by atoms with Crippen LogP contribution in [0.3, 0.4) is 0 Å². The number of rotatable bonds is 10. The van der Waals surface area contributed by atoms with E-state index < -0.39 is 6.10 Å². The highest BCUT2D eigenvalue weighted by molar-refractivity contribution is 5.43. The third-order valence-corrected chi connectivity index (χ3v) is 2.90. The summed E-state index contributed by atoms with van der Waals surface area (Å²) in [4.78, 5) is 0. The van der Waals surface area contributed by atoms with Crippen LogP contribution in [-0.2, 0) is 11.3 Å². The summed E-state index contributed by atoms with van der Waals surface area (Å²) in [6.07, 6.45) is -0.651. The molecule has 5 heteroatoms. The summed E-state index contributed by atoms with van der Waals surface area (Å²) in [7, 11) is 3.15. The van der Waals surface area contributed by atoms with Crippen molar-refractivity contribution in [2.75, 3.05) is 34.0 Å². The van der Waals surface area contributed by atoms with E-state index in [4.69, 9.17) is 14.2 Å². The minimum Gasteiger partial charge on any atom is -0.493 e. The van der Waals surface area contributed by atoms with Gasteiger partial charge in [-0.05, 0) is 30.2 Å². The van der Waals surface area contributed by atoms with Crippen LogP contribution in [0.15, 0.2) is 18.2 Å². The van der Waals surface area contributed by atoms with E-state index in [2.05, 4.69) is 19.2 Å². The topological polar surface area (TPSA) is 60.0 Å². The van der Waals surface area contributed by atoms with Gasteiger partial charge in [0.1, 0.15) is 12.7 Å². The van der Waals surface area contributed by atoms with Crippen molar-refractivity contribution in [1.82, 2.24) is 5.32 Å². The second kappa shape index (κ2) is 9.60. The zero-order valence-electron chi connectivity index (χ0n) is 13.4. The molecule has 2 N–H and O–H groups in total. The van der Waals surface area contributed by atoms with E-state index in [-0.39, 0.29) is 13.2 Å². The number of hydrogen-bond donors (Lipinski definition) is 2. The molecule has 120 valence electrons. The molecule has 0 heterocycles. The average molecular weight is 297 g/mol. The Labute approximate surface area is 127 Å². The third-order valence-electron chi connectivity index (χ3n) is 2.90. The van der Waals surface area contributed by atoms with Crippen LogP contribution in [0.2, 0.25) is 0 Å². The van der Waals surface area contributed by atoms with E-state index in [9.17, 15) is 5.11 Å². The normalized spacial score (nSPS) is 12.5. The predicted molar refractivity (Wildman–Crippen MR) is 82.9 cm³/mol. The van der Waals surface area contributed by atoms with Crippen LogP contribution >= 0.6 is 0 Å². The lowest BCUT2D eigenvalue weighted by molar-refractivity contribution is 0.0319. The lowest BCUT2D eigenvalue weighted by atomic mass is 10.2. The SMILES string of the molecule is COCC(O)COc1cc(CNCC(C)C)ccc1OC. The molecule has 0 aliphatic carbocycles. The maximum Gasteiger partial charge on any atom is 0.161 e. The van der Waals surface area contributed by atoms with Gasteiger partial charge in [0.05, 0.1) is 13.7 Å². The minimum atomic E-state index is -0.651. The molecule has 1 rings (SSSR count). The van der Waals surface area contributed by atoms with Gasteiger partial charge in [-0.2, -0.15) is 0 Å². The first-order valence-corrected chi connectivity index (χ1v) is 7.24. The Hall–Kier alpha value is -1.30. The van der Waals surface area contributed by atoms with E-state index in [0.29, 0.717) is 17.4 Å². The molecule has 0 aliphatic rings. The van der Waals surface area contributed by atoms with Crippen molar-refractivity contribution in [2.24, 2.45) is 5.92 Å². The predicted octanol–water partition coefficient (Wildman–Crippen LogP) is 1.83. The minimum absolute atomic E-state index is 0.174. The van der Waals surface area contributed by atoms with Crippen LogP contribution in [0.1, 0.15) is 19.4 Å². The molecule has 0 aliphatic heterocycles. The largest absolute Gasteiger partial charge is 0.493 e. The van der Waals surface area contributed by atoms with Crippen LogP contribution in [0.4, 0.5) is 0 Å². The quantitative estimate of drug-likeness (QED) is 0.690. The highest BCUT2D eigenvalue weighted by atomic mass is 16.5. The number of benzene rings is 1. The molecule has 0 fully saturated rings. The van der Waals surface area contributed by atoms with Crippen LogP contribution < -0.4 is 14.8 Å². The highest BCUT2D eigenvalue weighted by Crippen LogP contribution is 2.28. The van der Waals surface area contributed by atoms with Gasteiger partial charge in [-0.1, -0.05) is 19.9 Å². The monoisotopic (exact) mass is 297 g/mol. The Morgan fingerprint density at radius 1 is 1.14 bits per heavy atom. The molecule has 21 heavy (non-hydrogen) atoms. The fourth-order valence-corrected chi connectivity index (χ4v) is 1.88. The summed E-state index contributed by atoms with van der Waals surface area (Å²) in [5.74, 6) is 1.91. The van der Waals surface area contributed by atoms with Crippen molar-refractivity contribution in [3.8, 4) is 11.5 Å². The summed E-state index contributed by atoms with van der Waals surface area (Å²) in [6, 6.07) is 5.82. The zero-order chi connectivity index (χ0) is 15.7. The molecule has 1 aromatic carbocycles. The van der Waals surface area contributed by atoms with Crippen LogP contribution in [0.25, 0.3) is 0 Å². The van der Waals surface area contributed by atoms with Crippen molar-refractivity contribution in [3.63, 3.8) is 0 Å². The third kappa shape index (κ3) is 6.80. The highest BCUT2D eigenvalue weighted by Gasteiger charge is 2.09. The molecule has 1 unspecified atom stereocenters. The molecule has 1 atom stereocenters. The lowest BCUT2D eigenvalue weighted by Gasteiger charge is -2.15. The average Bonchev–Trinajstić information content (AvgIpc) is 2.45. The Kier molecular flexibility index (Phi) is 8.12. The number of ether oxygens (including phenoxy) is 3. The number of methoxy groups -OCH3 is 2. The number of hydrogen-bond acceptors (Lipinski definition) is 5. The Morgan fingerprint density at radius 2 is 1.90 bits per heavy atom. The molecule has 0 spiro atoms. The summed E-state index contributed by atoms with van der Waals surface area (Å²) in [5.41, 5.74) is 1.12. The van der Waals surface area contributed by atoms with Crippen molar-refractivity contribution in [3.05, 3.63) is 23.8 Å². The second-order valence-corrected chi connectivity index (χ2v) is 5.43. The summed E-state index contributed by atoms with van der Waals surface area (Å²) in [5, 5.41) is 13.0. The van der Waals surface area contributed by atoms with Crippen LogP contribution in [0, 0.1) is 5.92 Å². The first-order chi connectivity index (χ1) is 10.1. The molecule has 0 saturated carbocycles. The second-order valence-electron chi connectivity index (χ2n) is 5.43. The first kappa shape index (κ1) is 17.8. The van der Waals surface area contributed by atoms with Gasteiger partial charge in [-0.25, -0.2) is 0 Å². The van der Waals surface area contributed by atoms with Crippen molar-refractivity contribution in [2.45, 2.75) is 26.5 Å². The Bertz CT molecular complexity index is 409. The van der Waals surface area contributed by atoms with Crippen molar-refractivity contribution >= 4 is 0 Å². The molecular formula is C16H27NO4. The molecular weight excluding hydrogens is 270 g/mol. The molecule has 0 amide bonds. The molecule has 0 aromatic heterocycles. The first-order valence-electron chi connectivity index (χ1n) is 7.24. The van der Waals surface area contributed by atoms with Crippen molar-refractivity contribution in [1.29, 1.82) is 0 Å². The molecule has 0 bridgehead atoms. The van der Waals surface area contributed by atoms with E-state index >= 15 is 0 Å². The maximum atomic E-state index is 9.64. The van der Waals surface area contributed by atoms with Gasteiger partial charge in [0.2, 0.25) is 0 Å². The molecule has 0 radical (unpaired) electrons. The fraction of sp³-hybridized carbons (Fsp3) is 0.625. The summed E-state index contributed by atoms with van der Waals surface area (Å²) in [6.45, 7) is 6.51. The van der Waals surface area contributed by atoms with E-state index in [1.54, 1.807) is 14.2 Å². The lowest BCUT2D eigenvalue weighted by Crippen LogP contribution is -2.23. The van der Waals surface area contributed by atoms with Gasteiger partial charge in [0.25, 0.3) is 0 Å². The van der Waals surface area contributed by atoms with E-state index in [1.807, 2.05) is 18.2 Å². The van der Waals surface area contributed by atoms with Gasteiger partial charge in [-0.3, -0.25) is 0 Å². The van der Waals surface area contributed by atoms with Crippen LogP contribution in [-0.4, -0.2) is 45.2 Å². The van der Waals surface area contributed by atoms with Gasteiger partial charge in [-0.15, -0.1) is 0 Å². The van der Waals surface area contributed by atoms with Crippen molar-refractivity contribution < 1.29 is 19.3 Å². The molecule has 1 aromatic rings. The maximum absolute atomic E-state index is 9.64.